The van der Waals surface area contributed by atoms with Crippen LogP contribution in [-0.2, 0) is 9.59 Å². The number of thioether (sulfide) groups is 1. The van der Waals surface area contributed by atoms with Gasteiger partial charge >= 0.3 is 0 Å². The van der Waals surface area contributed by atoms with E-state index in [0.29, 0.717) is 6.42 Å². The summed E-state index contributed by atoms with van der Waals surface area (Å²) in [5.74, 6) is -0.0526. The second kappa shape index (κ2) is 10.8. The molecule has 3 aromatic rings. The zero-order valence-corrected chi connectivity index (χ0v) is 19.0. The van der Waals surface area contributed by atoms with Gasteiger partial charge in [0.1, 0.15) is 5.25 Å². The molecule has 4 nitrogen and oxygen atoms in total. The van der Waals surface area contributed by atoms with E-state index in [0.717, 1.165) is 39.4 Å². The fraction of sp³-hybridized carbons (Fsp3) is 0.231. The van der Waals surface area contributed by atoms with E-state index in [4.69, 9.17) is 0 Å². The van der Waals surface area contributed by atoms with Crippen LogP contribution < -0.4 is 10.6 Å². The van der Waals surface area contributed by atoms with Crippen LogP contribution in [0.25, 0.3) is 0 Å². The van der Waals surface area contributed by atoms with Crippen LogP contribution in [0, 0.1) is 13.8 Å². The molecule has 0 heterocycles. The second-order valence-electron chi connectivity index (χ2n) is 7.47. The number of hydrogen-bond donors (Lipinski definition) is 2. The summed E-state index contributed by atoms with van der Waals surface area (Å²) in [6, 6.07) is 23.3. The molecule has 2 amide bonds. The van der Waals surface area contributed by atoms with Gasteiger partial charge in [-0.05, 0) is 67.3 Å². The lowest BCUT2D eigenvalue weighted by molar-refractivity contribution is -0.116. The molecule has 3 aromatic carbocycles. The highest BCUT2D eigenvalue weighted by Gasteiger charge is 2.23. The van der Waals surface area contributed by atoms with E-state index >= 15 is 0 Å². The maximum absolute atomic E-state index is 13.3. The third-order valence-corrected chi connectivity index (χ3v) is 6.34. The van der Waals surface area contributed by atoms with Crippen LogP contribution in [0.15, 0.2) is 77.7 Å². The van der Waals surface area contributed by atoms with Crippen LogP contribution >= 0.6 is 11.8 Å². The summed E-state index contributed by atoms with van der Waals surface area (Å²) < 4.78 is 0. The third-order valence-electron chi connectivity index (χ3n) is 5.07. The number of benzene rings is 3. The fourth-order valence-corrected chi connectivity index (χ4v) is 4.21. The Morgan fingerprint density at radius 1 is 0.871 bits per heavy atom. The Morgan fingerprint density at radius 2 is 1.58 bits per heavy atom. The molecule has 0 spiro atoms. The molecule has 0 aromatic heterocycles. The van der Waals surface area contributed by atoms with Crippen molar-refractivity contribution in [1.29, 1.82) is 0 Å². The van der Waals surface area contributed by atoms with Gasteiger partial charge in [-0.25, -0.2) is 0 Å². The number of anilines is 2. The minimum atomic E-state index is -0.401. The quantitative estimate of drug-likeness (QED) is 0.399. The first-order valence-electron chi connectivity index (χ1n) is 10.5. The monoisotopic (exact) mass is 432 g/mol. The number of nitrogens with one attached hydrogen (secondary N) is 2. The van der Waals surface area contributed by atoms with Gasteiger partial charge in [0.15, 0.2) is 0 Å². The molecule has 0 saturated carbocycles. The van der Waals surface area contributed by atoms with Crippen LogP contribution in [0.1, 0.15) is 41.7 Å². The van der Waals surface area contributed by atoms with Crippen LogP contribution in [0.2, 0.25) is 0 Å². The average Bonchev–Trinajstić information content (AvgIpc) is 2.77. The minimum Gasteiger partial charge on any atom is -0.326 e. The molecule has 0 radical (unpaired) electrons. The smallest absolute Gasteiger partial charge is 0.242 e. The standard InChI is InChI=1S/C26H28N2O2S/c1-4-9-24(29)27-21-14-16-22(17-15-21)31-25(20-11-6-5-7-12-20)26(30)28-23-13-8-10-18(2)19(23)3/h5-8,10-17,25H,4,9H2,1-3H3,(H,27,29)(H,28,30). The summed E-state index contributed by atoms with van der Waals surface area (Å²) in [5, 5.41) is 5.60. The van der Waals surface area contributed by atoms with Gasteiger partial charge in [0.2, 0.25) is 11.8 Å². The van der Waals surface area contributed by atoms with E-state index in [1.807, 2.05) is 93.6 Å². The van der Waals surface area contributed by atoms with Gasteiger partial charge in [0.05, 0.1) is 0 Å². The summed E-state index contributed by atoms with van der Waals surface area (Å²) in [7, 11) is 0. The molecule has 160 valence electrons. The maximum atomic E-state index is 13.3. The molecule has 31 heavy (non-hydrogen) atoms. The lowest BCUT2D eigenvalue weighted by Gasteiger charge is -2.19. The molecular formula is C26H28N2O2S. The number of amides is 2. The second-order valence-corrected chi connectivity index (χ2v) is 8.65. The van der Waals surface area contributed by atoms with Gasteiger partial charge in [0.25, 0.3) is 0 Å². The Labute approximate surface area is 188 Å². The predicted molar refractivity (Wildman–Crippen MR) is 130 cm³/mol. The highest BCUT2D eigenvalue weighted by atomic mass is 32.2. The van der Waals surface area contributed by atoms with Gasteiger partial charge in [-0.2, -0.15) is 0 Å². The van der Waals surface area contributed by atoms with E-state index in [1.54, 1.807) is 0 Å². The molecule has 0 bridgehead atoms. The molecule has 5 heteroatoms. The van der Waals surface area contributed by atoms with E-state index in [2.05, 4.69) is 10.6 Å². The Bertz CT molecular complexity index is 1030. The lowest BCUT2D eigenvalue weighted by atomic mass is 10.1. The van der Waals surface area contributed by atoms with Crippen molar-refractivity contribution in [1.82, 2.24) is 0 Å². The van der Waals surface area contributed by atoms with Crippen LogP contribution in [0.4, 0.5) is 11.4 Å². The van der Waals surface area contributed by atoms with Gasteiger partial charge in [-0.3, -0.25) is 9.59 Å². The Kier molecular flexibility index (Phi) is 7.90. The number of hydrogen-bond acceptors (Lipinski definition) is 3. The van der Waals surface area contributed by atoms with Crippen LogP contribution in [-0.4, -0.2) is 11.8 Å². The topological polar surface area (TPSA) is 58.2 Å². The molecule has 1 unspecified atom stereocenters. The summed E-state index contributed by atoms with van der Waals surface area (Å²) in [6.45, 7) is 6.03. The number of carbonyl (C=O) groups excluding carboxylic acids is 2. The average molecular weight is 433 g/mol. The molecule has 0 fully saturated rings. The molecule has 2 N–H and O–H groups in total. The molecule has 0 aliphatic carbocycles. The van der Waals surface area contributed by atoms with Crippen molar-refractivity contribution >= 4 is 35.0 Å². The van der Waals surface area contributed by atoms with E-state index in [1.165, 1.54) is 11.8 Å². The molecule has 3 rings (SSSR count). The Balaban J connectivity index is 1.79. The molecular weight excluding hydrogens is 404 g/mol. The zero-order valence-electron chi connectivity index (χ0n) is 18.1. The number of aryl methyl sites for hydroxylation is 1. The lowest BCUT2D eigenvalue weighted by Crippen LogP contribution is -2.19. The van der Waals surface area contributed by atoms with Crippen LogP contribution in [0.3, 0.4) is 0 Å². The van der Waals surface area contributed by atoms with Crippen molar-refractivity contribution in [2.24, 2.45) is 0 Å². The summed E-state index contributed by atoms with van der Waals surface area (Å²) in [5.41, 5.74) is 4.75. The highest BCUT2D eigenvalue weighted by molar-refractivity contribution is 8.00. The van der Waals surface area contributed by atoms with Crippen LogP contribution in [0.5, 0.6) is 0 Å². The van der Waals surface area contributed by atoms with E-state index in [9.17, 15) is 9.59 Å². The van der Waals surface area contributed by atoms with Gasteiger partial charge in [-0.1, -0.05) is 49.4 Å². The molecule has 1 atom stereocenters. The van der Waals surface area contributed by atoms with E-state index in [-0.39, 0.29) is 11.8 Å². The molecule has 0 saturated heterocycles. The SMILES string of the molecule is CCCC(=O)Nc1ccc(SC(C(=O)Nc2cccc(C)c2C)c2ccccc2)cc1. The van der Waals surface area contributed by atoms with Crippen molar-refractivity contribution in [3.8, 4) is 0 Å². The number of rotatable bonds is 8. The molecule has 0 aliphatic heterocycles. The maximum Gasteiger partial charge on any atom is 0.242 e. The minimum absolute atomic E-state index is 0.0120. The Hall–Kier alpha value is -3.05. The highest BCUT2D eigenvalue weighted by Crippen LogP contribution is 2.37. The van der Waals surface area contributed by atoms with Crippen molar-refractivity contribution in [3.05, 3.63) is 89.5 Å². The summed E-state index contributed by atoms with van der Waals surface area (Å²) in [6.07, 6.45) is 1.32. The van der Waals surface area contributed by atoms with Crippen molar-refractivity contribution in [2.75, 3.05) is 10.6 Å². The zero-order chi connectivity index (χ0) is 22.2. The van der Waals surface area contributed by atoms with Crippen molar-refractivity contribution in [3.63, 3.8) is 0 Å². The Morgan fingerprint density at radius 3 is 2.26 bits per heavy atom. The third kappa shape index (κ3) is 6.22. The van der Waals surface area contributed by atoms with E-state index < -0.39 is 5.25 Å². The van der Waals surface area contributed by atoms with Gasteiger partial charge in [0, 0.05) is 22.7 Å². The van der Waals surface area contributed by atoms with Crippen molar-refractivity contribution < 1.29 is 9.59 Å². The largest absolute Gasteiger partial charge is 0.326 e. The normalized spacial score (nSPS) is 11.6. The summed E-state index contributed by atoms with van der Waals surface area (Å²) >= 11 is 1.49. The van der Waals surface area contributed by atoms with Gasteiger partial charge in [-0.15, -0.1) is 11.8 Å². The fourth-order valence-electron chi connectivity index (χ4n) is 3.19. The predicted octanol–water partition coefficient (Wildman–Crippen LogP) is 6.51. The van der Waals surface area contributed by atoms with Gasteiger partial charge < -0.3 is 10.6 Å². The van der Waals surface area contributed by atoms with Crippen molar-refractivity contribution in [2.45, 2.75) is 43.8 Å². The first-order valence-corrected chi connectivity index (χ1v) is 11.3. The first-order chi connectivity index (χ1) is 15.0. The molecule has 0 aliphatic rings. The summed E-state index contributed by atoms with van der Waals surface area (Å²) in [4.78, 5) is 26.0. The first kappa shape index (κ1) is 22.6. The number of carbonyl (C=O) groups is 2.